The van der Waals surface area contributed by atoms with Gasteiger partial charge in [0.15, 0.2) is 16.7 Å². The minimum absolute atomic E-state index is 0.0422. The molecule has 41 heavy (non-hydrogen) atoms. The smallest absolute Gasteiger partial charge is 0.232 e. The van der Waals surface area contributed by atoms with Crippen molar-refractivity contribution >= 4 is 17.7 Å². The van der Waals surface area contributed by atoms with Crippen LogP contribution >= 0.6 is 11.8 Å². The average molecular weight is 564 g/mol. The highest BCUT2D eigenvalue weighted by molar-refractivity contribution is 7.99. The van der Waals surface area contributed by atoms with Crippen molar-refractivity contribution in [3.63, 3.8) is 0 Å². The van der Waals surface area contributed by atoms with E-state index in [1.807, 2.05) is 79.8 Å². The molecule has 5 aromatic rings. The molecule has 0 aliphatic rings. The number of ether oxygens (including phenoxy) is 2. The highest BCUT2D eigenvalue weighted by Gasteiger charge is 2.22. The number of nitrogens with zero attached hydrogens (tertiary/aromatic N) is 3. The van der Waals surface area contributed by atoms with E-state index in [9.17, 15) is 4.79 Å². The molecule has 0 fully saturated rings. The van der Waals surface area contributed by atoms with Crippen LogP contribution in [0, 0.1) is 0 Å². The lowest BCUT2D eigenvalue weighted by Crippen LogP contribution is -2.30. The number of amides is 1. The van der Waals surface area contributed by atoms with Gasteiger partial charge in [-0.15, -0.1) is 0 Å². The summed E-state index contributed by atoms with van der Waals surface area (Å²) in [5.74, 6) is 1.69. The van der Waals surface area contributed by atoms with E-state index < -0.39 is 0 Å². The van der Waals surface area contributed by atoms with Crippen molar-refractivity contribution in [1.29, 1.82) is 0 Å². The molecule has 5 rings (SSSR count). The van der Waals surface area contributed by atoms with Gasteiger partial charge in [-0.25, -0.2) is 4.98 Å². The molecule has 1 aromatic heterocycles. The van der Waals surface area contributed by atoms with Crippen LogP contribution in [0.5, 0.6) is 11.5 Å². The predicted octanol–water partition coefficient (Wildman–Crippen LogP) is 7.02. The maximum atomic E-state index is 13.3. The number of carbonyl (C=O) groups excluding carboxylic acids is 1. The van der Waals surface area contributed by atoms with Crippen molar-refractivity contribution in [3.05, 3.63) is 115 Å². The van der Waals surface area contributed by atoms with E-state index >= 15 is 0 Å². The molecule has 0 bridgehead atoms. The second-order valence-corrected chi connectivity index (χ2v) is 10.5. The van der Waals surface area contributed by atoms with Crippen LogP contribution in [-0.4, -0.2) is 53.9 Å². The first-order valence-electron chi connectivity index (χ1n) is 13.5. The predicted molar refractivity (Wildman–Crippen MR) is 166 cm³/mol. The lowest BCUT2D eigenvalue weighted by molar-refractivity contribution is -0.127. The fourth-order valence-electron chi connectivity index (χ4n) is 4.67. The van der Waals surface area contributed by atoms with Crippen LogP contribution in [0.2, 0.25) is 0 Å². The van der Waals surface area contributed by atoms with Crippen LogP contribution in [0.15, 0.2) is 114 Å². The number of para-hydroxylation sites is 1. The molecular formula is C34H33N3O3S. The fourth-order valence-corrected chi connectivity index (χ4v) is 5.62. The van der Waals surface area contributed by atoms with E-state index in [4.69, 9.17) is 14.5 Å². The number of benzene rings is 4. The molecule has 1 amide bonds. The van der Waals surface area contributed by atoms with Crippen LogP contribution in [0.1, 0.15) is 5.56 Å². The molecule has 0 saturated carbocycles. The number of methoxy groups -OCH3 is 2. The molecule has 0 unspecified atom stereocenters. The summed E-state index contributed by atoms with van der Waals surface area (Å²) >= 11 is 1.46. The third-order valence-corrected chi connectivity index (χ3v) is 7.81. The zero-order chi connectivity index (χ0) is 28.6. The normalized spacial score (nSPS) is 10.8. The Morgan fingerprint density at radius 3 is 2.05 bits per heavy atom. The van der Waals surface area contributed by atoms with E-state index in [1.54, 1.807) is 19.1 Å². The van der Waals surface area contributed by atoms with E-state index in [0.717, 1.165) is 38.9 Å². The topological polar surface area (TPSA) is 56.6 Å². The maximum absolute atomic E-state index is 13.3. The molecule has 0 aliphatic carbocycles. The third-order valence-electron chi connectivity index (χ3n) is 6.89. The Kier molecular flexibility index (Phi) is 9.06. The van der Waals surface area contributed by atoms with Crippen molar-refractivity contribution in [3.8, 4) is 39.7 Å². The van der Waals surface area contributed by atoms with Crippen LogP contribution in [-0.2, 0) is 11.2 Å². The number of carbonyl (C=O) groups is 1. The fraction of sp³-hybridized carbons (Fsp3) is 0.176. The Hall–Kier alpha value is -4.49. The van der Waals surface area contributed by atoms with Crippen molar-refractivity contribution < 1.29 is 14.3 Å². The summed E-state index contributed by atoms with van der Waals surface area (Å²) in [6.07, 6.45) is 0.711. The van der Waals surface area contributed by atoms with Gasteiger partial charge in [-0.1, -0.05) is 96.7 Å². The first kappa shape index (κ1) is 28.1. The zero-order valence-corrected chi connectivity index (χ0v) is 24.3. The number of thioether (sulfide) groups is 1. The summed E-state index contributed by atoms with van der Waals surface area (Å²) in [6, 6.07) is 36.5. The molecule has 0 saturated heterocycles. The van der Waals surface area contributed by atoms with Gasteiger partial charge in [0.2, 0.25) is 5.91 Å². The van der Waals surface area contributed by atoms with Crippen molar-refractivity contribution in [2.75, 3.05) is 33.6 Å². The highest BCUT2D eigenvalue weighted by Crippen LogP contribution is 2.38. The first-order chi connectivity index (χ1) is 20.1. The van der Waals surface area contributed by atoms with Crippen LogP contribution in [0.3, 0.4) is 0 Å². The number of hydrogen-bond donors (Lipinski definition) is 0. The Bertz CT molecular complexity index is 1590. The summed E-state index contributed by atoms with van der Waals surface area (Å²) in [5, 5.41) is 0.774. The van der Waals surface area contributed by atoms with E-state index in [1.165, 1.54) is 11.8 Å². The molecule has 0 radical (unpaired) electrons. The van der Waals surface area contributed by atoms with Crippen molar-refractivity contribution in [2.24, 2.45) is 0 Å². The molecule has 7 heteroatoms. The summed E-state index contributed by atoms with van der Waals surface area (Å²) in [5.41, 5.74) is 6.05. The molecule has 6 nitrogen and oxygen atoms in total. The van der Waals surface area contributed by atoms with Gasteiger partial charge in [-0.2, -0.15) is 0 Å². The Labute approximate surface area is 245 Å². The summed E-state index contributed by atoms with van der Waals surface area (Å²) < 4.78 is 12.9. The Balaban J connectivity index is 1.41. The van der Waals surface area contributed by atoms with Crippen LogP contribution < -0.4 is 9.47 Å². The SMILES string of the molecule is COc1ccc(CCN(C)C(=O)CSc2nc(-c3ccccc3)c(-c3ccccc3)n2-c2ccccc2)cc1OC. The number of rotatable bonds is 11. The maximum Gasteiger partial charge on any atom is 0.232 e. The standard InChI is InChI=1S/C34H33N3O3S/c1-36(22-21-25-19-20-29(39-2)30(23-25)40-3)31(38)24-41-34-35-32(26-13-7-4-8-14-26)33(27-15-9-5-10-16-27)37(34)28-17-11-6-12-18-28/h4-20,23H,21-22,24H2,1-3H3. The minimum atomic E-state index is 0.0422. The highest BCUT2D eigenvalue weighted by atomic mass is 32.2. The van der Waals surface area contributed by atoms with E-state index in [0.29, 0.717) is 24.5 Å². The molecule has 208 valence electrons. The van der Waals surface area contributed by atoms with Gasteiger partial charge in [0.25, 0.3) is 0 Å². The van der Waals surface area contributed by atoms with Crippen LogP contribution in [0.25, 0.3) is 28.2 Å². The van der Waals surface area contributed by atoms with Crippen LogP contribution in [0.4, 0.5) is 0 Å². The average Bonchev–Trinajstić information content (AvgIpc) is 3.43. The molecule has 0 atom stereocenters. The largest absolute Gasteiger partial charge is 0.493 e. The first-order valence-corrected chi connectivity index (χ1v) is 14.4. The molecule has 1 heterocycles. The number of likely N-dealkylation sites (N-methyl/N-ethyl adjacent to an activating group) is 1. The lowest BCUT2D eigenvalue weighted by Gasteiger charge is -2.18. The molecule has 0 spiro atoms. The number of aromatic nitrogens is 2. The Morgan fingerprint density at radius 2 is 1.41 bits per heavy atom. The lowest BCUT2D eigenvalue weighted by atomic mass is 10.0. The molecule has 0 aliphatic heterocycles. The van der Waals surface area contributed by atoms with Gasteiger partial charge in [-0.05, 0) is 36.2 Å². The van der Waals surface area contributed by atoms with Gasteiger partial charge in [0, 0.05) is 30.4 Å². The Morgan fingerprint density at radius 1 is 0.805 bits per heavy atom. The van der Waals surface area contributed by atoms with E-state index in [-0.39, 0.29) is 11.7 Å². The van der Waals surface area contributed by atoms with Gasteiger partial charge in [0.05, 0.1) is 31.4 Å². The number of imidazole rings is 1. The van der Waals surface area contributed by atoms with E-state index in [2.05, 4.69) is 41.0 Å². The molecule has 4 aromatic carbocycles. The summed E-state index contributed by atoms with van der Waals surface area (Å²) in [4.78, 5) is 20.2. The quantitative estimate of drug-likeness (QED) is 0.162. The van der Waals surface area contributed by atoms with Gasteiger partial charge in [-0.3, -0.25) is 9.36 Å². The van der Waals surface area contributed by atoms with Gasteiger partial charge < -0.3 is 14.4 Å². The van der Waals surface area contributed by atoms with Gasteiger partial charge >= 0.3 is 0 Å². The summed E-state index contributed by atoms with van der Waals surface area (Å²) in [7, 11) is 5.09. The third kappa shape index (κ3) is 6.47. The van der Waals surface area contributed by atoms with Crippen molar-refractivity contribution in [1.82, 2.24) is 14.5 Å². The summed E-state index contributed by atoms with van der Waals surface area (Å²) in [6.45, 7) is 0.590. The monoisotopic (exact) mass is 563 g/mol. The zero-order valence-electron chi connectivity index (χ0n) is 23.5. The van der Waals surface area contributed by atoms with Crippen molar-refractivity contribution in [2.45, 2.75) is 11.6 Å². The minimum Gasteiger partial charge on any atom is -0.493 e. The molecule has 0 N–H and O–H groups in total. The van der Waals surface area contributed by atoms with Gasteiger partial charge in [0.1, 0.15) is 0 Å². The second-order valence-electron chi connectivity index (χ2n) is 9.54. The second kappa shape index (κ2) is 13.2. The number of hydrogen-bond acceptors (Lipinski definition) is 5. The molecular weight excluding hydrogens is 530 g/mol.